The fourth-order valence-corrected chi connectivity index (χ4v) is 8.89. The number of hydrogen-bond donors (Lipinski definition) is 2. The summed E-state index contributed by atoms with van der Waals surface area (Å²) < 4.78 is 50.8. The van der Waals surface area contributed by atoms with Crippen molar-refractivity contribution in [2.45, 2.75) is 77.7 Å². The number of aliphatic hydroxyl groups excluding tert-OH is 1. The molecule has 2 atom stereocenters. The van der Waals surface area contributed by atoms with E-state index >= 15 is 4.39 Å². The van der Waals surface area contributed by atoms with Crippen LogP contribution in [0.5, 0.6) is 11.5 Å². The molecule has 1 unspecified atom stereocenters. The van der Waals surface area contributed by atoms with E-state index in [0.29, 0.717) is 59.9 Å². The number of aryl methyl sites for hydroxylation is 2. The van der Waals surface area contributed by atoms with Gasteiger partial charge in [-0.1, -0.05) is 51.5 Å². The van der Waals surface area contributed by atoms with Crippen LogP contribution in [0.25, 0.3) is 22.4 Å². The van der Waals surface area contributed by atoms with Crippen LogP contribution in [0.1, 0.15) is 75.9 Å². The summed E-state index contributed by atoms with van der Waals surface area (Å²) in [6, 6.07) is 14.7. The molecule has 0 radical (unpaired) electrons. The third-order valence-electron chi connectivity index (χ3n) is 9.61. The van der Waals surface area contributed by atoms with Gasteiger partial charge in [-0.25, -0.2) is 22.5 Å². The molecular formula is C37H44FN5O4S. The summed E-state index contributed by atoms with van der Waals surface area (Å²) in [6.45, 7) is 8.07. The lowest BCUT2D eigenvalue weighted by molar-refractivity contribution is 0.170. The fraction of sp³-hybridized carbons (Fsp3) is 0.432. The molecule has 6 rings (SSSR count). The molecule has 0 aliphatic carbocycles. The Kier molecular flexibility index (Phi) is 9.21. The zero-order valence-electron chi connectivity index (χ0n) is 28.3. The number of H-pyrrole nitrogens is 1. The summed E-state index contributed by atoms with van der Waals surface area (Å²) in [7, 11) is -1.70. The first-order valence-electron chi connectivity index (χ1n) is 16.6. The number of halogens is 1. The second-order valence-electron chi connectivity index (χ2n) is 14.1. The summed E-state index contributed by atoms with van der Waals surface area (Å²) in [4.78, 5) is 12.7. The van der Waals surface area contributed by atoms with Crippen LogP contribution in [0.4, 0.5) is 4.39 Å². The van der Waals surface area contributed by atoms with E-state index in [2.05, 4.69) is 29.0 Å². The molecule has 3 aromatic heterocycles. The first-order valence-corrected chi connectivity index (χ1v) is 18.4. The first-order chi connectivity index (χ1) is 22.8. The number of sulfone groups is 1. The quantitative estimate of drug-likeness (QED) is 0.209. The van der Waals surface area contributed by atoms with E-state index in [4.69, 9.17) is 14.8 Å². The van der Waals surface area contributed by atoms with Gasteiger partial charge in [0, 0.05) is 48.0 Å². The second kappa shape index (κ2) is 13.1. The molecule has 2 N–H and O–H groups in total. The van der Waals surface area contributed by atoms with Crippen molar-refractivity contribution < 1.29 is 22.7 Å². The molecule has 4 heterocycles. The highest BCUT2D eigenvalue weighted by molar-refractivity contribution is 7.91. The number of ether oxygens (including phenoxy) is 1. The second-order valence-corrected chi connectivity index (χ2v) is 16.3. The molecule has 1 aliphatic heterocycles. The van der Waals surface area contributed by atoms with Gasteiger partial charge >= 0.3 is 0 Å². The summed E-state index contributed by atoms with van der Waals surface area (Å²) in [5, 5.41) is 16.0. The number of aromatic amines is 1. The molecule has 2 aromatic carbocycles. The van der Waals surface area contributed by atoms with Gasteiger partial charge in [0.2, 0.25) is 0 Å². The molecule has 0 saturated heterocycles. The maximum Gasteiger partial charge on any atom is 0.176 e. The van der Waals surface area contributed by atoms with Gasteiger partial charge in [-0.15, -0.1) is 0 Å². The zero-order valence-corrected chi connectivity index (χ0v) is 29.1. The summed E-state index contributed by atoms with van der Waals surface area (Å²) in [6.07, 6.45) is 6.23. The summed E-state index contributed by atoms with van der Waals surface area (Å²) in [5.74, 6) is 0.764. The molecular weight excluding hydrogens is 630 g/mol. The van der Waals surface area contributed by atoms with Crippen LogP contribution < -0.4 is 4.74 Å². The third-order valence-corrected chi connectivity index (χ3v) is 11.7. The molecule has 11 heteroatoms. The molecule has 0 fully saturated rings. The molecule has 48 heavy (non-hydrogen) atoms. The SMILES string of the molecule is CCC(O)Cc1cccc([C@@]2(C)CCCC(C)(C)CS(=O)(=O)CCc3c(c(F)cc4[nH]ccc34)Oc3ccnc(c3)-c3nc2nn3C)c1. The average molecular weight is 674 g/mol. The lowest BCUT2D eigenvalue weighted by Gasteiger charge is -2.31. The Balaban J connectivity index is 1.48. The van der Waals surface area contributed by atoms with E-state index in [9.17, 15) is 13.5 Å². The van der Waals surface area contributed by atoms with Gasteiger partial charge in [-0.3, -0.25) is 4.98 Å². The average Bonchev–Trinajstić information content (AvgIpc) is 3.66. The van der Waals surface area contributed by atoms with Crippen molar-refractivity contribution in [3.63, 3.8) is 0 Å². The maximum atomic E-state index is 15.6. The Morgan fingerprint density at radius 3 is 2.73 bits per heavy atom. The van der Waals surface area contributed by atoms with E-state index in [1.54, 1.807) is 29.2 Å². The largest absolute Gasteiger partial charge is 0.454 e. The Bertz CT molecular complexity index is 2050. The molecule has 1 aliphatic rings. The van der Waals surface area contributed by atoms with E-state index in [1.165, 1.54) is 6.07 Å². The summed E-state index contributed by atoms with van der Waals surface area (Å²) >= 11 is 0. The van der Waals surface area contributed by atoms with Crippen molar-refractivity contribution in [2.75, 3.05) is 11.5 Å². The van der Waals surface area contributed by atoms with E-state index < -0.39 is 32.6 Å². The molecule has 9 nitrogen and oxygen atoms in total. The number of rotatable bonds is 4. The van der Waals surface area contributed by atoms with Crippen molar-refractivity contribution in [3.05, 3.63) is 89.3 Å². The Morgan fingerprint density at radius 1 is 1.12 bits per heavy atom. The van der Waals surface area contributed by atoms with Crippen molar-refractivity contribution in [1.29, 1.82) is 0 Å². The molecule has 0 amide bonds. The minimum atomic E-state index is -3.52. The van der Waals surface area contributed by atoms with Crippen molar-refractivity contribution in [1.82, 2.24) is 24.7 Å². The monoisotopic (exact) mass is 673 g/mol. The lowest BCUT2D eigenvalue weighted by atomic mass is 9.75. The number of pyridine rings is 1. The Morgan fingerprint density at radius 2 is 1.94 bits per heavy atom. The standard InChI is InChI=1S/C37H44FN5O4S/c1-6-26(44)20-24-9-7-10-25(19-24)37(4)15-8-14-36(2,3)23-48(45,46)18-13-29-28-12-17-39-31(28)22-30(38)33(29)47-27-11-16-40-32(21-27)34-41-35(37)42-43(34)5/h7,9-12,16-17,19,21-22,26,39,44H,6,8,13-15,18,20,23H2,1-5H3/t26?,37-/m1/s1. The van der Waals surface area contributed by atoms with Gasteiger partial charge in [0.05, 0.1) is 23.0 Å². The van der Waals surface area contributed by atoms with Gasteiger partial charge < -0.3 is 14.8 Å². The third kappa shape index (κ3) is 7.03. The van der Waals surface area contributed by atoms with Gasteiger partial charge in [0.25, 0.3) is 0 Å². The van der Waals surface area contributed by atoms with Crippen molar-refractivity contribution in [2.24, 2.45) is 12.5 Å². The van der Waals surface area contributed by atoms with Gasteiger partial charge in [-0.2, -0.15) is 5.10 Å². The van der Waals surface area contributed by atoms with Crippen LogP contribution in [0.2, 0.25) is 0 Å². The summed E-state index contributed by atoms with van der Waals surface area (Å²) in [5.41, 5.74) is 2.50. The number of hydrogen-bond acceptors (Lipinski definition) is 7. The highest BCUT2D eigenvalue weighted by Crippen LogP contribution is 2.40. The van der Waals surface area contributed by atoms with E-state index in [0.717, 1.165) is 22.9 Å². The number of fused-ring (bicyclic) bond motifs is 8. The Hall–Kier alpha value is -4.09. The van der Waals surface area contributed by atoms with Crippen molar-refractivity contribution in [3.8, 4) is 23.0 Å². The normalized spacial score (nSPS) is 20.3. The molecule has 4 bridgehead atoms. The van der Waals surface area contributed by atoms with Crippen molar-refractivity contribution >= 4 is 20.7 Å². The fourth-order valence-electron chi connectivity index (χ4n) is 6.90. The number of aliphatic hydroxyl groups is 1. The maximum absolute atomic E-state index is 15.6. The van der Waals surface area contributed by atoms with Gasteiger partial charge in [-0.05, 0) is 67.7 Å². The smallest absolute Gasteiger partial charge is 0.176 e. The highest BCUT2D eigenvalue weighted by atomic mass is 32.2. The number of nitrogens with zero attached hydrogens (tertiary/aromatic N) is 4. The lowest BCUT2D eigenvalue weighted by Crippen LogP contribution is -2.29. The number of aromatic nitrogens is 5. The molecule has 0 saturated carbocycles. The number of benzene rings is 2. The molecule has 5 aromatic rings. The van der Waals surface area contributed by atoms with Gasteiger partial charge in [0.1, 0.15) is 11.4 Å². The molecule has 254 valence electrons. The van der Waals surface area contributed by atoms with Gasteiger partial charge in [0.15, 0.2) is 33.1 Å². The number of nitrogens with one attached hydrogen (secondary N) is 1. The van der Waals surface area contributed by atoms with Crippen LogP contribution in [0.15, 0.2) is 60.9 Å². The topological polar surface area (TPSA) is 123 Å². The predicted molar refractivity (Wildman–Crippen MR) is 185 cm³/mol. The zero-order chi connectivity index (χ0) is 34.3. The van der Waals surface area contributed by atoms with E-state index in [-0.39, 0.29) is 23.7 Å². The van der Waals surface area contributed by atoms with Crippen LogP contribution in [-0.2, 0) is 35.1 Å². The predicted octanol–water partition coefficient (Wildman–Crippen LogP) is 7.08. The highest BCUT2D eigenvalue weighted by Gasteiger charge is 2.36. The van der Waals surface area contributed by atoms with Crippen LogP contribution in [0.3, 0.4) is 0 Å². The minimum Gasteiger partial charge on any atom is -0.454 e. The van der Waals surface area contributed by atoms with Crippen LogP contribution >= 0.6 is 0 Å². The minimum absolute atomic E-state index is 0.00257. The molecule has 0 spiro atoms. The van der Waals surface area contributed by atoms with E-state index in [1.807, 2.05) is 46.0 Å². The van der Waals surface area contributed by atoms with Crippen LogP contribution in [0, 0.1) is 11.2 Å². The first kappa shape index (κ1) is 33.8. The van der Waals surface area contributed by atoms with Crippen LogP contribution in [-0.4, -0.2) is 55.9 Å². The Labute approximate surface area is 281 Å².